The number of halogens is 5. The number of rotatable bonds is 7. The van der Waals surface area contributed by atoms with E-state index in [1.54, 1.807) is 11.0 Å². The number of nitrogens with zero attached hydrogens (tertiary/aromatic N) is 4. The number of carbonyl (C=O) groups is 1. The van der Waals surface area contributed by atoms with Gasteiger partial charge in [0.05, 0.1) is 15.0 Å². The summed E-state index contributed by atoms with van der Waals surface area (Å²) in [5.74, 6) is -0.0437. The number of nitro groups is 1. The van der Waals surface area contributed by atoms with E-state index in [9.17, 15) is 28.1 Å². The number of ether oxygens (including phenoxy) is 1. The molecule has 0 aliphatic carbocycles. The maximum absolute atomic E-state index is 13.2. The second-order valence-electron chi connectivity index (χ2n) is 9.31. The van der Waals surface area contributed by atoms with Gasteiger partial charge in [0.15, 0.2) is 0 Å². The molecule has 39 heavy (non-hydrogen) atoms. The minimum Gasteiger partial charge on any atom is -0.490 e. The van der Waals surface area contributed by atoms with E-state index >= 15 is 0 Å². The smallest absolute Gasteiger partial charge is 0.423 e. The lowest BCUT2D eigenvalue weighted by molar-refractivity contribution is -0.388. The summed E-state index contributed by atoms with van der Waals surface area (Å²) in [5, 5.41) is 12.0. The van der Waals surface area contributed by atoms with E-state index in [1.807, 2.05) is 12.1 Å². The number of piperazine rings is 1. The highest BCUT2D eigenvalue weighted by Crippen LogP contribution is 2.38. The van der Waals surface area contributed by atoms with Gasteiger partial charge >= 0.3 is 6.18 Å². The summed E-state index contributed by atoms with van der Waals surface area (Å²) in [4.78, 5) is 28.8. The van der Waals surface area contributed by atoms with Gasteiger partial charge in [0.2, 0.25) is 5.91 Å². The molecule has 0 bridgehead atoms. The standard InChI is InChI=1S/C25H27Cl2F3N4O4.CH4/c26-21-3-1-17(15-22(21)27)32-13-11-31(12-14-32)8-7-24(35)33-9-5-18(6-10-33)38-19-2-4-23(34(36)37)20(16-19)25(28,29)30;/h1-4,15-16,18H,5-14H2;1H4. The third-order valence-corrected chi connectivity index (χ3v) is 7.59. The molecule has 13 heteroatoms. The van der Waals surface area contributed by atoms with Gasteiger partial charge in [-0.2, -0.15) is 13.2 Å². The summed E-state index contributed by atoms with van der Waals surface area (Å²) in [6.07, 6.45) is -3.93. The summed E-state index contributed by atoms with van der Waals surface area (Å²) in [6, 6.07) is 8.22. The Morgan fingerprint density at radius 3 is 2.26 bits per heavy atom. The fraction of sp³-hybridized carbons (Fsp3) is 0.500. The molecule has 0 unspecified atom stereocenters. The van der Waals surface area contributed by atoms with E-state index in [-0.39, 0.29) is 25.2 Å². The summed E-state index contributed by atoms with van der Waals surface area (Å²) in [5.41, 5.74) is -1.34. The van der Waals surface area contributed by atoms with E-state index < -0.39 is 22.4 Å². The van der Waals surface area contributed by atoms with Gasteiger partial charge < -0.3 is 14.5 Å². The van der Waals surface area contributed by atoms with E-state index in [0.29, 0.717) is 55.0 Å². The van der Waals surface area contributed by atoms with Crippen molar-refractivity contribution < 1.29 is 27.6 Å². The molecular formula is C26H31Cl2F3N4O4. The number of hydrogen-bond donors (Lipinski definition) is 0. The number of hydrogen-bond acceptors (Lipinski definition) is 6. The minimum absolute atomic E-state index is 0. The van der Waals surface area contributed by atoms with E-state index in [0.717, 1.165) is 37.9 Å². The van der Waals surface area contributed by atoms with Crippen molar-refractivity contribution in [2.24, 2.45) is 0 Å². The van der Waals surface area contributed by atoms with Gasteiger partial charge in [-0.25, -0.2) is 0 Å². The number of anilines is 1. The Morgan fingerprint density at radius 1 is 1.00 bits per heavy atom. The SMILES string of the molecule is C.O=C(CCN1CCN(c2ccc(Cl)c(Cl)c2)CC1)N1CCC(Oc2ccc([N+](=O)[O-])c(C(F)(F)F)c2)CC1. The average Bonchev–Trinajstić information content (AvgIpc) is 2.89. The quantitative estimate of drug-likeness (QED) is 0.285. The summed E-state index contributed by atoms with van der Waals surface area (Å²) >= 11 is 12.1. The van der Waals surface area contributed by atoms with E-state index in [2.05, 4.69) is 9.80 Å². The molecule has 0 radical (unpaired) electrons. The topological polar surface area (TPSA) is 79.2 Å². The van der Waals surface area contributed by atoms with Crippen LogP contribution in [-0.4, -0.2) is 72.5 Å². The Bertz CT molecular complexity index is 1170. The van der Waals surface area contributed by atoms with Crippen LogP contribution in [0, 0.1) is 10.1 Å². The molecule has 0 aromatic heterocycles. The Balaban J connectivity index is 0.00000420. The lowest BCUT2D eigenvalue weighted by Crippen LogP contribution is -2.48. The van der Waals surface area contributed by atoms with E-state index in [4.69, 9.17) is 27.9 Å². The number of benzene rings is 2. The van der Waals surface area contributed by atoms with Crippen LogP contribution >= 0.6 is 23.2 Å². The molecule has 2 saturated heterocycles. The fourth-order valence-electron chi connectivity index (χ4n) is 4.71. The number of alkyl halides is 3. The molecule has 2 aliphatic rings. The number of nitro benzene ring substituents is 1. The highest BCUT2D eigenvalue weighted by atomic mass is 35.5. The van der Waals surface area contributed by atoms with Crippen LogP contribution in [0.3, 0.4) is 0 Å². The maximum atomic E-state index is 13.2. The fourth-order valence-corrected chi connectivity index (χ4v) is 5.01. The average molecular weight is 591 g/mol. The van der Waals surface area contributed by atoms with Gasteiger partial charge in [-0.05, 0) is 30.3 Å². The van der Waals surface area contributed by atoms with Crippen LogP contribution in [0.2, 0.25) is 10.0 Å². The van der Waals surface area contributed by atoms with Crippen molar-refractivity contribution >= 4 is 40.5 Å². The van der Waals surface area contributed by atoms with Gasteiger partial charge in [0.25, 0.3) is 5.69 Å². The van der Waals surface area contributed by atoms with Crippen molar-refractivity contribution in [3.05, 3.63) is 62.1 Å². The first-order chi connectivity index (χ1) is 18.0. The molecule has 4 rings (SSSR count). The molecule has 0 atom stereocenters. The van der Waals surface area contributed by atoms with Crippen LogP contribution in [0.15, 0.2) is 36.4 Å². The monoisotopic (exact) mass is 590 g/mol. The van der Waals surface area contributed by atoms with Crippen molar-refractivity contribution in [2.75, 3.05) is 50.7 Å². The normalized spacial score (nSPS) is 17.1. The first-order valence-corrected chi connectivity index (χ1v) is 13.0. The van der Waals surface area contributed by atoms with Gasteiger partial charge in [0.1, 0.15) is 17.4 Å². The van der Waals surface area contributed by atoms with Crippen molar-refractivity contribution in [1.82, 2.24) is 9.80 Å². The second kappa shape index (κ2) is 13.1. The molecule has 214 valence electrons. The van der Waals surface area contributed by atoms with Gasteiger partial charge in [-0.1, -0.05) is 30.6 Å². The zero-order valence-corrected chi connectivity index (χ0v) is 21.9. The molecular weight excluding hydrogens is 560 g/mol. The molecule has 2 fully saturated rings. The molecule has 2 aromatic carbocycles. The third kappa shape index (κ3) is 7.89. The van der Waals surface area contributed by atoms with Gasteiger partial charge in [-0.3, -0.25) is 19.8 Å². The van der Waals surface area contributed by atoms with Crippen LogP contribution < -0.4 is 9.64 Å². The third-order valence-electron chi connectivity index (χ3n) is 6.85. The van der Waals surface area contributed by atoms with Crippen LogP contribution in [0.4, 0.5) is 24.5 Å². The molecule has 0 spiro atoms. The Labute approximate surface area is 235 Å². The number of likely N-dealkylation sites (tertiary alicyclic amines) is 1. The minimum atomic E-state index is -4.87. The lowest BCUT2D eigenvalue weighted by atomic mass is 10.1. The predicted octanol–water partition coefficient (Wildman–Crippen LogP) is 6.14. The maximum Gasteiger partial charge on any atom is 0.423 e. The predicted molar refractivity (Wildman–Crippen MR) is 145 cm³/mol. The Morgan fingerprint density at radius 2 is 1.67 bits per heavy atom. The zero-order valence-electron chi connectivity index (χ0n) is 20.4. The summed E-state index contributed by atoms with van der Waals surface area (Å²) in [6.45, 7) is 4.78. The summed E-state index contributed by atoms with van der Waals surface area (Å²) in [7, 11) is 0. The van der Waals surface area contributed by atoms with Crippen LogP contribution in [0.1, 0.15) is 32.3 Å². The zero-order chi connectivity index (χ0) is 27.4. The highest BCUT2D eigenvalue weighted by Gasteiger charge is 2.39. The number of piperidine rings is 1. The van der Waals surface area contributed by atoms with Gasteiger partial charge in [0, 0.05) is 76.8 Å². The first-order valence-electron chi connectivity index (χ1n) is 12.2. The van der Waals surface area contributed by atoms with Crippen molar-refractivity contribution in [1.29, 1.82) is 0 Å². The van der Waals surface area contributed by atoms with Crippen LogP contribution in [-0.2, 0) is 11.0 Å². The molecule has 1 amide bonds. The van der Waals surface area contributed by atoms with Crippen molar-refractivity contribution in [3.63, 3.8) is 0 Å². The number of carbonyl (C=O) groups excluding carboxylic acids is 1. The Kier molecular flexibility index (Phi) is 10.3. The summed E-state index contributed by atoms with van der Waals surface area (Å²) < 4.78 is 45.3. The van der Waals surface area contributed by atoms with Crippen LogP contribution in [0.25, 0.3) is 0 Å². The largest absolute Gasteiger partial charge is 0.490 e. The molecule has 0 saturated carbocycles. The van der Waals surface area contributed by atoms with Gasteiger partial charge in [-0.15, -0.1) is 0 Å². The van der Waals surface area contributed by atoms with E-state index in [1.165, 1.54) is 6.07 Å². The van der Waals surface area contributed by atoms with Crippen LogP contribution in [0.5, 0.6) is 5.75 Å². The van der Waals surface area contributed by atoms with Crippen molar-refractivity contribution in [3.8, 4) is 5.75 Å². The molecule has 2 heterocycles. The molecule has 8 nitrogen and oxygen atoms in total. The molecule has 2 aromatic rings. The molecule has 2 aliphatic heterocycles. The highest BCUT2D eigenvalue weighted by molar-refractivity contribution is 6.42. The Hall–Kier alpha value is -2.76. The second-order valence-corrected chi connectivity index (χ2v) is 10.1. The first kappa shape index (κ1) is 30.8. The number of amides is 1. The lowest BCUT2D eigenvalue weighted by Gasteiger charge is -2.37. The molecule has 0 N–H and O–H groups in total. The van der Waals surface area contributed by atoms with Crippen molar-refractivity contribution in [2.45, 2.75) is 39.0 Å².